The lowest BCUT2D eigenvalue weighted by molar-refractivity contribution is -0.141. The highest BCUT2D eigenvalue weighted by Gasteiger charge is 2.22. The Morgan fingerprint density at radius 2 is 2.00 bits per heavy atom. The summed E-state index contributed by atoms with van der Waals surface area (Å²) >= 11 is 0. The van der Waals surface area contributed by atoms with Gasteiger partial charge in [0.1, 0.15) is 5.56 Å². The average molecular weight is 266 g/mol. The third kappa shape index (κ3) is 3.43. The predicted octanol–water partition coefficient (Wildman–Crippen LogP) is 0.784. The van der Waals surface area contributed by atoms with Gasteiger partial charge in [-0.15, -0.1) is 0 Å². The van der Waals surface area contributed by atoms with Crippen LogP contribution in [0.2, 0.25) is 0 Å². The Hall–Kier alpha value is -2.11. The number of amides is 1. The molecule has 1 unspecified atom stereocenters. The maximum absolute atomic E-state index is 12.2. The van der Waals surface area contributed by atoms with Crippen molar-refractivity contribution >= 4 is 11.9 Å². The molecule has 1 heterocycles. The van der Waals surface area contributed by atoms with E-state index in [-0.39, 0.29) is 12.1 Å². The number of nitrogens with zero attached hydrogens (tertiary/aromatic N) is 1. The van der Waals surface area contributed by atoms with Crippen molar-refractivity contribution in [2.45, 2.75) is 20.8 Å². The van der Waals surface area contributed by atoms with Crippen molar-refractivity contribution in [2.75, 3.05) is 13.6 Å². The zero-order valence-electron chi connectivity index (χ0n) is 11.5. The number of aromatic nitrogens is 1. The number of hydrogen-bond donors (Lipinski definition) is 2. The van der Waals surface area contributed by atoms with Crippen LogP contribution in [-0.4, -0.2) is 40.5 Å². The number of aryl methyl sites for hydroxylation is 2. The minimum absolute atomic E-state index is 0.0565. The Labute approximate surface area is 111 Å². The molecule has 0 aliphatic rings. The SMILES string of the molecule is Cc1cc(C)c(C(=O)N(C)CC(C)C(=O)O)c(=O)[nH]1. The number of rotatable bonds is 4. The predicted molar refractivity (Wildman–Crippen MR) is 70.3 cm³/mol. The highest BCUT2D eigenvalue weighted by atomic mass is 16.4. The zero-order valence-corrected chi connectivity index (χ0v) is 11.5. The Morgan fingerprint density at radius 3 is 2.47 bits per heavy atom. The van der Waals surface area contributed by atoms with Gasteiger partial charge in [-0.1, -0.05) is 6.92 Å². The molecule has 2 N–H and O–H groups in total. The van der Waals surface area contributed by atoms with Crippen molar-refractivity contribution < 1.29 is 14.7 Å². The van der Waals surface area contributed by atoms with Crippen LogP contribution in [0.5, 0.6) is 0 Å². The molecule has 0 spiro atoms. The second-order valence-electron chi connectivity index (χ2n) is 4.76. The number of H-pyrrole nitrogens is 1. The zero-order chi connectivity index (χ0) is 14.7. The number of carbonyl (C=O) groups excluding carboxylic acids is 1. The van der Waals surface area contributed by atoms with E-state index >= 15 is 0 Å². The largest absolute Gasteiger partial charge is 0.481 e. The highest BCUT2D eigenvalue weighted by Crippen LogP contribution is 2.08. The summed E-state index contributed by atoms with van der Waals surface area (Å²) in [5.74, 6) is -2.13. The fourth-order valence-electron chi connectivity index (χ4n) is 1.88. The number of pyridine rings is 1. The molecule has 6 heteroatoms. The van der Waals surface area contributed by atoms with E-state index < -0.39 is 23.4 Å². The van der Waals surface area contributed by atoms with Gasteiger partial charge in [0.2, 0.25) is 0 Å². The molecular formula is C13H18N2O4. The molecule has 0 radical (unpaired) electrons. The minimum atomic E-state index is -0.978. The van der Waals surface area contributed by atoms with E-state index in [2.05, 4.69) is 4.98 Å². The standard InChI is InChI=1S/C13H18N2O4/c1-7-5-9(3)14-11(16)10(7)12(17)15(4)6-8(2)13(18)19/h5,8H,6H2,1-4H3,(H,14,16)(H,18,19). The molecule has 1 rings (SSSR count). The first-order chi connectivity index (χ1) is 8.73. The topological polar surface area (TPSA) is 90.5 Å². The van der Waals surface area contributed by atoms with Crippen LogP contribution in [0.1, 0.15) is 28.5 Å². The van der Waals surface area contributed by atoms with E-state index in [0.717, 1.165) is 0 Å². The first-order valence-electron chi connectivity index (χ1n) is 5.92. The molecule has 0 aliphatic heterocycles. The van der Waals surface area contributed by atoms with E-state index in [1.807, 2.05) is 0 Å². The molecule has 0 saturated heterocycles. The molecule has 0 aliphatic carbocycles. The molecule has 6 nitrogen and oxygen atoms in total. The molecule has 0 bridgehead atoms. The highest BCUT2D eigenvalue weighted by molar-refractivity contribution is 5.95. The molecule has 0 saturated carbocycles. The Kier molecular flexibility index (Phi) is 4.47. The monoisotopic (exact) mass is 266 g/mol. The van der Waals surface area contributed by atoms with Gasteiger partial charge in [-0.2, -0.15) is 0 Å². The lowest BCUT2D eigenvalue weighted by atomic mass is 10.1. The summed E-state index contributed by atoms with van der Waals surface area (Å²) in [6.45, 7) is 4.99. The number of aliphatic carboxylic acids is 1. The quantitative estimate of drug-likeness (QED) is 0.842. The smallest absolute Gasteiger partial charge is 0.308 e. The summed E-state index contributed by atoms with van der Waals surface area (Å²) in [6.07, 6.45) is 0. The summed E-state index contributed by atoms with van der Waals surface area (Å²) in [6, 6.07) is 1.71. The molecule has 0 fully saturated rings. The van der Waals surface area contributed by atoms with Crippen molar-refractivity contribution in [3.8, 4) is 0 Å². The van der Waals surface area contributed by atoms with Gasteiger partial charge in [0.05, 0.1) is 5.92 Å². The Bertz CT molecular complexity index is 562. The van der Waals surface area contributed by atoms with Crippen LogP contribution < -0.4 is 5.56 Å². The molecule has 104 valence electrons. The summed E-state index contributed by atoms with van der Waals surface area (Å²) in [5, 5.41) is 8.82. The van der Waals surface area contributed by atoms with Gasteiger partial charge in [0, 0.05) is 19.3 Å². The molecule has 19 heavy (non-hydrogen) atoms. The van der Waals surface area contributed by atoms with Crippen molar-refractivity contribution in [1.29, 1.82) is 0 Å². The van der Waals surface area contributed by atoms with Crippen LogP contribution >= 0.6 is 0 Å². The molecule has 1 amide bonds. The first-order valence-corrected chi connectivity index (χ1v) is 5.92. The van der Waals surface area contributed by atoms with Crippen LogP contribution in [0.15, 0.2) is 10.9 Å². The normalized spacial score (nSPS) is 12.0. The number of carboxylic acids is 1. The summed E-state index contributed by atoms with van der Waals surface area (Å²) in [4.78, 5) is 38.6. The number of nitrogens with one attached hydrogen (secondary N) is 1. The second-order valence-corrected chi connectivity index (χ2v) is 4.76. The number of hydrogen-bond acceptors (Lipinski definition) is 3. The van der Waals surface area contributed by atoms with Crippen molar-refractivity contribution in [3.63, 3.8) is 0 Å². The number of carbonyl (C=O) groups is 2. The van der Waals surface area contributed by atoms with Gasteiger partial charge >= 0.3 is 5.97 Å². The fourth-order valence-corrected chi connectivity index (χ4v) is 1.88. The van der Waals surface area contributed by atoms with Gasteiger partial charge in [-0.25, -0.2) is 0 Å². The average Bonchev–Trinajstić information content (AvgIpc) is 2.26. The van der Waals surface area contributed by atoms with Crippen LogP contribution in [-0.2, 0) is 4.79 Å². The summed E-state index contributed by atoms with van der Waals surface area (Å²) in [7, 11) is 1.49. The Balaban J connectivity index is 3.01. The fraction of sp³-hybridized carbons (Fsp3) is 0.462. The van der Waals surface area contributed by atoms with E-state index in [0.29, 0.717) is 11.3 Å². The first kappa shape index (κ1) is 14.9. The van der Waals surface area contributed by atoms with Gasteiger partial charge in [0.15, 0.2) is 0 Å². The van der Waals surface area contributed by atoms with Gasteiger partial charge in [-0.05, 0) is 25.5 Å². The molecular weight excluding hydrogens is 248 g/mol. The van der Waals surface area contributed by atoms with Crippen molar-refractivity contribution in [1.82, 2.24) is 9.88 Å². The summed E-state index contributed by atoms with van der Waals surface area (Å²) < 4.78 is 0. The molecule has 1 aromatic heterocycles. The van der Waals surface area contributed by atoms with Gasteiger partial charge in [-0.3, -0.25) is 14.4 Å². The van der Waals surface area contributed by atoms with E-state index in [1.165, 1.54) is 18.9 Å². The maximum Gasteiger partial charge on any atom is 0.308 e. The minimum Gasteiger partial charge on any atom is -0.481 e. The van der Waals surface area contributed by atoms with Gasteiger partial charge in [0.25, 0.3) is 11.5 Å². The molecule has 0 aromatic carbocycles. The van der Waals surface area contributed by atoms with Crippen LogP contribution in [0, 0.1) is 19.8 Å². The summed E-state index contributed by atoms with van der Waals surface area (Å²) in [5.41, 5.74) is 0.879. The van der Waals surface area contributed by atoms with E-state index in [9.17, 15) is 14.4 Å². The van der Waals surface area contributed by atoms with Crippen LogP contribution in [0.3, 0.4) is 0 Å². The van der Waals surface area contributed by atoms with E-state index in [1.54, 1.807) is 19.9 Å². The third-order valence-electron chi connectivity index (χ3n) is 2.89. The Morgan fingerprint density at radius 1 is 1.42 bits per heavy atom. The van der Waals surface area contributed by atoms with Crippen molar-refractivity contribution in [3.05, 3.63) is 33.2 Å². The molecule has 1 atom stereocenters. The maximum atomic E-state index is 12.2. The van der Waals surface area contributed by atoms with Gasteiger partial charge < -0.3 is 15.0 Å². The van der Waals surface area contributed by atoms with Crippen LogP contribution in [0.25, 0.3) is 0 Å². The van der Waals surface area contributed by atoms with Crippen LogP contribution in [0.4, 0.5) is 0 Å². The van der Waals surface area contributed by atoms with Crippen molar-refractivity contribution in [2.24, 2.45) is 5.92 Å². The van der Waals surface area contributed by atoms with E-state index in [4.69, 9.17) is 5.11 Å². The lowest BCUT2D eigenvalue weighted by Crippen LogP contribution is -2.37. The molecule has 1 aromatic rings. The second kappa shape index (κ2) is 5.69. The number of aromatic amines is 1. The number of carboxylic acid groups (broad SMARTS) is 1. The lowest BCUT2D eigenvalue weighted by Gasteiger charge is -2.20. The third-order valence-corrected chi connectivity index (χ3v) is 2.89.